The first-order valence-corrected chi connectivity index (χ1v) is 3.13. The second-order valence-corrected chi connectivity index (χ2v) is 2.06. The topological polar surface area (TPSA) is 105 Å². The molecule has 0 aliphatic heterocycles. The highest BCUT2D eigenvalue weighted by molar-refractivity contribution is 6.04. The lowest BCUT2D eigenvalue weighted by atomic mass is 10.2. The van der Waals surface area contributed by atoms with Gasteiger partial charge in [0.1, 0.15) is 5.84 Å². The Hall–Kier alpha value is -1.85. The molecular weight excluding hydrogens is 160 g/mol. The minimum Gasteiger partial charge on any atom is -0.464 e. The Bertz CT molecular complexity index is 317. The van der Waals surface area contributed by atoms with Crippen LogP contribution in [-0.2, 0) is 4.74 Å². The number of methoxy groups -OCH3 is 1. The van der Waals surface area contributed by atoms with Crippen LogP contribution in [0.4, 0.5) is 0 Å². The second kappa shape index (κ2) is 3.04. The number of aromatic nitrogens is 2. The number of carbonyl (C=O) groups is 1. The number of nitrogens with zero attached hydrogens (tertiary/aromatic N) is 1. The number of hydrogen-bond donors (Lipinski definition) is 3. The molecule has 6 heteroatoms. The van der Waals surface area contributed by atoms with E-state index in [9.17, 15) is 4.79 Å². The predicted molar refractivity (Wildman–Crippen MR) is 40.9 cm³/mol. The third-order valence-corrected chi connectivity index (χ3v) is 1.32. The summed E-state index contributed by atoms with van der Waals surface area (Å²) in [6.45, 7) is 0. The highest BCUT2D eigenvalue weighted by atomic mass is 16.5. The van der Waals surface area contributed by atoms with Crippen LogP contribution in [0.1, 0.15) is 16.1 Å². The lowest BCUT2D eigenvalue weighted by Crippen LogP contribution is -2.15. The average Bonchev–Trinajstić information content (AvgIpc) is 2.50. The van der Waals surface area contributed by atoms with Crippen molar-refractivity contribution in [3.8, 4) is 0 Å². The number of hydrogen-bond acceptors (Lipinski definition) is 4. The minimum absolute atomic E-state index is 0.102. The van der Waals surface area contributed by atoms with Crippen molar-refractivity contribution in [2.45, 2.75) is 0 Å². The smallest absolute Gasteiger partial charge is 0.356 e. The van der Waals surface area contributed by atoms with E-state index in [1.54, 1.807) is 0 Å². The van der Waals surface area contributed by atoms with Crippen molar-refractivity contribution in [2.75, 3.05) is 7.11 Å². The van der Waals surface area contributed by atoms with Crippen molar-refractivity contribution in [3.05, 3.63) is 17.5 Å². The fraction of sp³-hybridized carbons (Fsp3) is 0.167. The number of amidine groups is 1. The monoisotopic (exact) mass is 168 g/mol. The molecule has 1 heterocycles. The van der Waals surface area contributed by atoms with Gasteiger partial charge < -0.3 is 10.5 Å². The molecule has 64 valence electrons. The van der Waals surface area contributed by atoms with Crippen molar-refractivity contribution >= 4 is 11.8 Å². The van der Waals surface area contributed by atoms with Crippen molar-refractivity contribution < 1.29 is 9.53 Å². The Labute approximate surface area is 68.2 Å². The molecule has 0 radical (unpaired) electrons. The van der Waals surface area contributed by atoms with E-state index in [4.69, 9.17) is 11.1 Å². The van der Waals surface area contributed by atoms with Crippen LogP contribution in [0.5, 0.6) is 0 Å². The summed E-state index contributed by atoms with van der Waals surface area (Å²) >= 11 is 0. The van der Waals surface area contributed by atoms with Crippen LogP contribution in [0, 0.1) is 5.41 Å². The van der Waals surface area contributed by atoms with Gasteiger partial charge in [0.2, 0.25) is 0 Å². The highest BCUT2D eigenvalue weighted by Gasteiger charge is 2.15. The Morgan fingerprint density at radius 2 is 2.50 bits per heavy atom. The summed E-state index contributed by atoms with van der Waals surface area (Å²) in [4.78, 5) is 11.0. The fourth-order valence-electron chi connectivity index (χ4n) is 0.748. The molecular formula is C6H8N4O2. The molecule has 0 aliphatic carbocycles. The van der Waals surface area contributed by atoms with Crippen molar-refractivity contribution in [1.82, 2.24) is 10.2 Å². The summed E-state index contributed by atoms with van der Waals surface area (Å²) < 4.78 is 4.42. The van der Waals surface area contributed by atoms with Gasteiger partial charge in [-0.3, -0.25) is 10.5 Å². The quantitative estimate of drug-likeness (QED) is 0.314. The van der Waals surface area contributed by atoms with Crippen LogP contribution < -0.4 is 5.73 Å². The molecule has 1 aromatic heterocycles. The summed E-state index contributed by atoms with van der Waals surface area (Å²) in [5, 5.41) is 13.0. The number of nitrogens with one attached hydrogen (secondary N) is 2. The zero-order valence-electron chi connectivity index (χ0n) is 6.42. The number of rotatable bonds is 2. The van der Waals surface area contributed by atoms with Gasteiger partial charge in [0.25, 0.3) is 0 Å². The van der Waals surface area contributed by atoms with Gasteiger partial charge in [-0.25, -0.2) is 4.79 Å². The Kier molecular flexibility index (Phi) is 2.09. The molecule has 0 saturated carbocycles. The van der Waals surface area contributed by atoms with E-state index in [-0.39, 0.29) is 17.1 Å². The maximum Gasteiger partial charge on any atom is 0.356 e. The number of H-pyrrole nitrogens is 1. The molecule has 4 N–H and O–H groups in total. The van der Waals surface area contributed by atoms with Gasteiger partial charge in [0, 0.05) is 0 Å². The first-order valence-electron chi connectivity index (χ1n) is 3.13. The average molecular weight is 168 g/mol. The van der Waals surface area contributed by atoms with Crippen LogP contribution in [0.3, 0.4) is 0 Å². The summed E-state index contributed by atoms with van der Waals surface area (Å²) in [6, 6.07) is 0. The zero-order chi connectivity index (χ0) is 9.14. The van der Waals surface area contributed by atoms with Crippen LogP contribution >= 0.6 is 0 Å². The highest BCUT2D eigenvalue weighted by Crippen LogP contribution is 2.04. The molecule has 0 fully saturated rings. The third-order valence-electron chi connectivity index (χ3n) is 1.32. The Morgan fingerprint density at radius 1 is 1.83 bits per heavy atom. The second-order valence-electron chi connectivity index (χ2n) is 2.06. The number of ether oxygens (including phenoxy) is 1. The normalized spacial score (nSPS) is 9.42. The molecule has 0 bridgehead atoms. The zero-order valence-corrected chi connectivity index (χ0v) is 6.42. The summed E-state index contributed by atoms with van der Waals surface area (Å²) in [5.74, 6) is -0.804. The molecule has 0 saturated heterocycles. The summed E-state index contributed by atoms with van der Waals surface area (Å²) in [5.41, 5.74) is 5.52. The molecule has 0 aromatic carbocycles. The van der Waals surface area contributed by atoms with Gasteiger partial charge in [-0.2, -0.15) is 5.10 Å². The van der Waals surface area contributed by atoms with Gasteiger partial charge in [0.15, 0.2) is 5.69 Å². The van der Waals surface area contributed by atoms with E-state index in [1.807, 2.05) is 0 Å². The SMILES string of the molecule is COC(=O)c1[nH]ncc1C(=N)N. The van der Waals surface area contributed by atoms with E-state index < -0.39 is 5.97 Å². The molecule has 0 aliphatic rings. The van der Waals surface area contributed by atoms with Crippen LogP contribution in [-0.4, -0.2) is 29.1 Å². The maximum atomic E-state index is 11.0. The Balaban J connectivity index is 3.07. The fourth-order valence-corrected chi connectivity index (χ4v) is 0.748. The van der Waals surface area contributed by atoms with Gasteiger partial charge >= 0.3 is 5.97 Å². The number of aromatic amines is 1. The lowest BCUT2D eigenvalue weighted by molar-refractivity contribution is 0.0593. The van der Waals surface area contributed by atoms with Crippen molar-refractivity contribution in [3.63, 3.8) is 0 Å². The van der Waals surface area contributed by atoms with Gasteiger partial charge in [0.05, 0.1) is 18.9 Å². The Morgan fingerprint density at radius 3 is 3.00 bits per heavy atom. The molecule has 0 atom stereocenters. The first kappa shape index (κ1) is 8.25. The van der Waals surface area contributed by atoms with Gasteiger partial charge in [-0.15, -0.1) is 0 Å². The van der Waals surface area contributed by atoms with E-state index in [2.05, 4.69) is 14.9 Å². The number of nitrogen functional groups attached to an aromatic ring is 1. The van der Waals surface area contributed by atoms with Crippen LogP contribution in [0.15, 0.2) is 6.20 Å². The maximum absolute atomic E-state index is 11.0. The van der Waals surface area contributed by atoms with Crippen LogP contribution in [0.2, 0.25) is 0 Å². The molecule has 1 rings (SSSR count). The summed E-state index contributed by atoms with van der Waals surface area (Å²) in [6.07, 6.45) is 1.30. The van der Waals surface area contributed by atoms with E-state index in [0.717, 1.165) is 0 Å². The van der Waals surface area contributed by atoms with Crippen molar-refractivity contribution in [2.24, 2.45) is 5.73 Å². The molecule has 0 amide bonds. The molecule has 12 heavy (non-hydrogen) atoms. The van der Waals surface area contributed by atoms with Crippen LogP contribution in [0.25, 0.3) is 0 Å². The number of carbonyl (C=O) groups excluding carboxylic acids is 1. The number of esters is 1. The molecule has 0 spiro atoms. The van der Waals surface area contributed by atoms with Crippen molar-refractivity contribution in [1.29, 1.82) is 5.41 Å². The lowest BCUT2D eigenvalue weighted by Gasteiger charge is -1.97. The summed E-state index contributed by atoms with van der Waals surface area (Å²) in [7, 11) is 1.24. The predicted octanol–water partition coefficient (Wildman–Crippen LogP) is -0.520. The van der Waals surface area contributed by atoms with E-state index in [1.165, 1.54) is 13.3 Å². The third kappa shape index (κ3) is 1.26. The van der Waals surface area contributed by atoms with E-state index in [0.29, 0.717) is 0 Å². The minimum atomic E-state index is -0.585. The largest absolute Gasteiger partial charge is 0.464 e. The molecule has 6 nitrogen and oxygen atoms in total. The van der Waals surface area contributed by atoms with E-state index >= 15 is 0 Å². The first-order chi connectivity index (χ1) is 5.66. The standard InChI is InChI=1S/C6H8N4O2/c1-12-6(11)4-3(5(7)8)2-9-10-4/h2H,1H3,(H3,7,8)(H,9,10). The molecule has 0 unspecified atom stereocenters. The number of nitrogens with two attached hydrogens (primary N) is 1. The van der Waals surface area contributed by atoms with Gasteiger partial charge in [-0.05, 0) is 0 Å². The van der Waals surface area contributed by atoms with Gasteiger partial charge in [-0.1, -0.05) is 0 Å². The molecule has 1 aromatic rings.